The van der Waals surface area contributed by atoms with E-state index in [2.05, 4.69) is 5.32 Å². The fourth-order valence-corrected chi connectivity index (χ4v) is 1.70. The van der Waals surface area contributed by atoms with Crippen LogP contribution in [0.25, 0.3) is 6.08 Å². The summed E-state index contributed by atoms with van der Waals surface area (Å²) in [5, 5.41) is 2.52. The van der Waals surface area contributed by atoms with E-state index in [0.717, 1.165) is 6.08 Å². The average molecular weight is 337 g/mol. The van der Waals surface area contributed by atoms with Crippen LogP contribution >= 0.6 is 0 Å². The lowest BCUT2D eigenvalue weighted by atomic mass is 10.2. The fourth-order valence-electron chi connectivity index (χ4n) is 1.70. The molecule has 0 atom stereocenters. The quantitative estimate of drug-likeness (QED) is 0.422. The number of carbonyl (C=O) groups is 3. The maximum absolute atomic E-state index is 13.0. The first-order chi connectivity index (χ1) is 11.5. The summed E-state index contributed by atoms with van der Waals surface area (Å²) in [4.78, 5) is 34.0. The van der Waals surface area contributed by atoms with Gasteiger partial charge in [-0.1, -0.05) is 12.1 Å². The number of halogens is 1. The monoisotopic (exact) mass is 337 g/mol. The van der Waals surface area contributed by atoms with Gasteiger partial charge in [-0.05, 0) is 37.1 Å². The Hall–Kier alpha value is -2.70. The van der Waals surface area contributed by atoms with Crippen molar-refractivity contribution < 1.29 is 28.2 Å². The Kier molecular flexibility index (Phi) is 8.81. The Labute approximate surface area is 139 Å². The van der Waals surface area contributed by atoms with Crippen molar-refractivity contribution in [2.75, 3.05) is 19.8 Å². The third-order valence-corrected chi connectivity index (χ3v) is 2.79. The molecule has 1 aromatic carbocycles. The molecule has 7 heteroatoms. The van der Waals surface area contributed by atoms with E-state index in [4.69, 9.17) is 9.47 Å². The number of nitrogens with one attached hydrogen (secondary N) is 1. The number of hydrogen-bond acceptors (Lipinski definition) is 5. The van der Waals surface area contributed by atoms with Gasteiger partial charge in [-0.2, -0.15) is 0 Å². The second kappa shape index (κ2) is 10.9. The first-order valence-corrected chi connectivity index (χ1v) is 7.54. The lowest BCUT2D eigenvalue weighted by Crippen LogP contribution is -2.29. The number of ether oxygens (including phenoxy) is 2. The zero-order valence-corrected chi connectivity index (χ0v) is 13.4. The van der Waals surface area contributed by atoms with E-state index < -0.39 is 24.3 Å². The van der Waals surface area contributed by atoms with Crippen LogP contribution in [0.1, 0.15) is 25.3 Å². The van der Waals surface area contributed by atoms with Crippen molar-refractivity contribution in [3.05, 3.63) is 41.7 Å². The first kappa shape index (κ1) is 19.3. The molecule has 0 aliphatic heterocycles. The maximum atomic E-state index is 13.0. The third-order valence-electron chi connectivity index (χ3n) is 2.79. The van der Waals surface area contributed by atoms with Crippen LogP contribution < -0.4 is 5.32 Å². The number of esters is 2. The Morgan fingerprint density at radius 3 is 2.75 bits per heavy atom. The van der Waals surface area contributed by atoms with Gasteiger partial charge < -0.3 is 14.8 Å². The molecular formula is C17H20FNO5. The van der Waals surface area contributed by atoms with Gasteiger partial charge in [0, 0.05) is 19.0 Å². The molecule has 0 fully saturated rings. The average Bonchev–Trinajstić information content (AvgIpc) is 2.55. The van der Waals surface area contributed by atoms with E-state index in [1.807, 2.05) is 0 Å². The summed E-state index contributed by atoms with van der Waals surface area (Å²) in [6.45, 7) is 1.90. The van der Waals surface area contributed by atoms with Gasteiger partial charge in [0.05, 0.1) is 6.61 Å². The van der Waals surface area contributed by atoms with E-state index in [1.165, 1.54) is 24.3 Å². The van der Waals surface area contributed by atoms with Crippen molar-refractivity contribution in [2.45, 2.75) is 19.8 Å². The Morgan fingerprint density at radius 2 is 2.04 bits per heavy atom. The predicted octanol–water partition coefficient (Wildman–Crippen LogP) is 1.84. The molecule has 0 aliphatic rings. The van der Waals surface area contributed by atoms with Gasteiger partial charge in [0.15, 0.2) is 6.61 Å². The molecule has 1 amide bonds. The van der Waals surface area contributed by atoms with E-state index >= 15 is 0 Å². The molecule has 0 unspecified atom stereocenters. The van der Waals surface area contributed by atoms with Gasteiger partial charge in [0.25, 0.3) is 5.91 Å². The van der Waals surface area contributed by atoms with E-state index in [-0.39, 0.29) is 18.9 Å². The molecule has 0 heterocycles. The van der Waals surface area contributed by atoms with Crippen LogP contribution in [0.5, 0.6) is 0 Å². The zero-order valence-electron chi connectivity index (χ0n) is 13.4. The summed E-state index contributed by atoms with van der Waals surface area (Å²) >= 11 is 0. The van der Waals surface area contributed by atoms with E-state index in [1.54, 1.807) is 13.0 Å². The molecule has 0 spiro atoms. The highest BCUT2D eigenvalue weighted by Crippen LogP contribution is 2.05. The van der Waals surface area contributed by atoms with Crippen molar-refractivity contribution in [2.24, 2.45) is 0 Å². The summed E-state index contributed by atoms with van der Waals surface area (Å²) in [5.74, 6) is -1.90. The standard InChI is InChI=1S/C17H20FNO5/c1-2-23-16(21)7-4-10-19-15(20)12-24-17(22)9-8-13-5-3-6-14(18)11-13/h3,5-6,8-9,11H,2,4,7,10,12H2,1H3,(H,19,20)/b9-8+. The van der Waals surface area contributed by atoms with E-state index in [9.17, 15) is 18.8 Å². The lowest BCUT2D eigenvalue weighted by molar-refractivity contribution is -0.143. The third kappa shape index (κ3) is 8.67. The summed E-state index contributed by atoms with van der Waals surface area (Å²) in [6, 6.07) is 5.70. The first-order valence-electron chi connectivity index (χ1n) is 7.54. The molecule has 0 bridgehead atoms. The highest BCUT2D eigenvalue weighted by atomic mass is 19.1. The van der Waals surface area contributed by atoms with Gasteiger partial charge in [-0.3, -0.25) is 9.59 Å². The van der Waals surface area contributed by atoms with Crippen molar-refractivity contribution in [3.8, 4) is 0 Å². The van der Waals surface area contributed by atoms with Crippen LogP contribution in [0.15, 0.2) is 30.3 Å². The molecule has 0 aromatic heterocycles. The molecule has 6 nitrogen and oxygen atoms in total. The second-order valence-electron chi connectivity index (χ2n) is 4.75. The largest absolute Gasteiger partial charge is 0.466 e. The molecule has 0 radical (unpaired) electrons. The number of benzene rings is 1. The Bertz CT molecular complexity index is 600. The minimum atomic E-state index is -0.707. The topological polar surface area (TPSA) is 81.7 Å². The maximum Gasteiger partial charge on any atom is 0.331 e. The minimum Gasteiger partial charge on any atom is -0.466 e. The van der Waals surface area contributed by atoms with Crippen LogP contribution in [0.3, 0.4) is 0 Å². The van der Waals surface area contributed by atoms with Gasteiger partial charge in [0.2, 0.25) is 0 Å². The molecule has 0 aliphatic carbocycles. The molecule has 0 saturated carbocycles. The van der Waals surface area contributed by atoms with Crippen LogP contribution in [0, 0.1) is 5.82 Å². The van der Waals surface area contributed by atoms with Crippen molar-refractivity contribution in [1.82, 2.24) is 5.32 Å². The number of amides is 1. The molecular weight excluding hydrogens is 317 g/mol. The molecule has 1 rings (SSSR count). The Balaban J connectivity index is 2.19. The summed E-state index contributed by atoms with van der Waals surface area (Å²) < 4.78 is 22.4. The molecule has 24 heavy (non-hydrogen) atoms. The lowest BCUT2D eigenvalue weighted by Gasteiger charge is -2.05. The fraction of sp³-hybridized carbons (Fsp3) is 0.353. The van der Waals surface area contributed by atoms with Crippen molar-refractivity contribution in [1.29, 1.82) is 0 Å². The van der Waals surface area contributed by atoms with Gasteiger partial charge >= 0.3 is 11.9 Å². The summed E-state index contributed by atoms with van der Waals surface area (Å²) in [6.07, 6.45) is 3.16. The molecule has 130 valence electrons. The SMILES string of the molecule is CCOC(=O)CCCNC(=O)COC(=O)/C=C/c1cccc(F)c1. The zero-order chi connectivity index (χ0) is 17.8. The predicted molar refractivity (Wildman–Crippen MR) is 85.3 cm³/mol. The van der Waals surface area contributed by atoms with Crippen LogP contribution in [-0.4, -0.2) is 37.6 Å². The van der Waals surface area contributed by atoms with Crippen LogP contribution in [-0.2, 0) is 23.9 Å². The van der Waals surface area contributed by atoms with E-state index in [0.29, 0.717) is 18.6 Å². The highest BCUT2D eigenvalue weighted by molar-refractivity contribution is 5.89. The highest BCUT2D eigenvalue weighted by Gasteiger charge is 2.06. The van der Waals surface area contributed by atoms with Crippen molar-refractivity contribution in [3.63, 3.8) is 0 Å². The van der Waals surface area contributed by atoms with Crippen LogP contribution in [0.2, 0.25) is 0 Å². The molecule has 0 saturated heterocycles. The molecule has 1 aromatic rings. The summed E-state index contributed by atoms with van der Waals surface area (Å²) in [5.41, 5.74) is 0.510. The van der Waals surface area contributed by atoms with Gasteiger partial charge in [-0.25, -0.2) is 9.18 Å². The minimum absolute atomic E-state index is 0.213. The molecule has 1 N–H and O–H groups in total. The second-order valence-corrected chi connectivity index (χ2v) is 4.75. The smallest absolute Gasteiger partial charge is 0.331 e. The number of rotatable bonds is 9. The number of carbonyl (C=O) groups excluding carboxylic acids is 3. The van der Waals surface area contributed by atoms with Crippen molar-refractivity contribution >= 4 is 23.9 Å². The number of hydrogen-bond donors (Lipinski definition) is 1. The normalized spacial score (nSPS) is 10.4. The summed E-state index contributed by atoms with van der Waals surface area (Å²) in [7, 11) is 0. The van der Waals surface area contributed by atoms with Gasteiger partial charge in [-0.15, -0.1) is 0 Å². The Morgan fingerprint density at radius 1 is 1.25 bits per heavy atom. The van der Waals surface area contributed by atoms with Gasteiger partial charge in [0.1, 0.15) is 5.82 Å². The van der Waals surface area contributed by atoms with Crippen LogP contribution in [0.4, 0.5) is 4.39 Å².